The van der Waals surface area contributed by atoms with Gasteiger partial charge < -0.3 is 25.5 Å². The predicted octanol–water partition coefficient (Wildman–Crippen LogP) is 4.51. The Balaban J connectivity index is 1.17. The number of aromatic nitrogens is 1. The van der Waals surface area contributed by atoms with Crippen molar-refractivity contribution < 1.29 is 23.1 Å². The van der Waals surface area contributed by atoms with Crippen LogP contribution >= 0.6 is 11.6 Å². The number of hydrogen-bond acceptors (Lipinski definition) is 6. The van der Waals surface area contributed by atoms with E-state index in [1.807, 2.05) is 74.5 Å². The van der Waals surface area contributed by atoms with Crippen LogP contribution in [-0.4, -0.2) is 49.4 Å². The van der Waals surface area contributed by atoms with Gasteiger partial charge in [-0.25, -0.2) is 8.42 Å². The molecule has 11 heteroatoms. The maximum Gasteiger partial charge on any atom is 0.242 e. The molecule has 0 saturated heterocycles. The number of aliphatic hydroxyl groups is 1. The monoisotopic (exact) mass is 610 g/mol. The Kier molecular flexibility index (Phi) is 9.08. The lowest BCUT2D eigenvalue weighted by molar-refractivity contribution is -0.121. The summed E-state index contributed by atoms with van der Waals surface area (Å²) < 4.78 is 34.0. The van der Waals surface area contributed by atoms with Crippen molar-refractivity contribution in [2.75, 3.05) is 24.2 Å². The number of aromatic amines is 1. The van der Waals surface area contributed by atoms with Gasteiger partial charge in [-0.05, 0) is 73.2 Å². The van der Waals surface area contributed by atoms with E-state index in [4.69, 9.17) is 16.3 Å². The normalized spacial score (nSPS) is 15.3. The summed E-state index contributed by atoms with van der Waals surface area (Å²) in [6.45, 7) is 4.21. The van der Waals surface area contributed by atoms with Crippen LogP contribution in [0.2, 0.25) is 5.02 Å². The van der Waals surface area contributed by atoms with Crippen molar-refractivity contribution >= 4 is 44.1 Å². The molecule has 5 rings (SSSR count). The molecule has 0 fully saturated rings. The predicted molar refractivity (Wildman–Crippen MR) is 165 cm³/mol. The largest absolute Gasteiger partial charge is 0.494 e. The molecule has 0 saturated carbocycles. The van der Waals surface area contributed by atoms with Gasteiger partial charge in [0.1, 0.15) is 11.8 Å². The van der Waals surface area contributed by atoms with E-state index in [9.17, 15) is 18.3 Å². The van der Waals surface area contributed by atoms with Gasteiger partial charge in [0.2, 0.25) is 15.9 Å². The van der Waals surface area contributed by atoms with Gasteiger partial charge in [0.05, 0.1) is 18.1 Å². The van der Waals surface area contributed by atoms with E-state index < -0.39 is 22.3 Å². The number of hydrogen-bond donors (Lipinski definition) is 5. The molecule has 2 atom stereocenters. The third-order valence-electron chi connectivity index (χ3n) is 7.42. The summed E-state index contributed by atoms with van der Waals surface area (Å²) in [5.41, 5.74) is 5.84. The number of fused-ring (bicyclic) bond motifs is 2. The minimum absolute atomic E-state index is 0.0873. The van der Waals surface area contributed by atoms with E-state index in [1.165, 1.54) is 0 Å². The van der Waals surface area contributed by atoms with Crippen LogP contribution in [0.4, 0.5) is 5.69 Å². The molecule has 0 bridgehead atoms. The van der Waals surface area contributed by atoms with Gasteiger partial charge in [-0.2, -0.15) is 4.72 Å². The second kappa shape index (κ2) is 12.7. The first-order valence-corrected chi connectivity index (χ1v) is 15.9. The number of nitrogens with one attached hydrogen (secondary N) is 4. The maximum atomic E-state index is 12.8. The first kappa shape index (κ1) is 29.9. The second-order valence-electron chi connectivity index (χ2n) is 10.6. The molecule has 3 aromatic carbocycles. The minimum Gasteiger partial charge on any atom is -0.494 e. The number of aliphatic hydroxyl groups excluding tert-OH is 1. The highest BCUT2D eigenvalue weighted by Gasteiger charge is 2.27. The number of carbonyl (C=O) groups excluding carboxylic acids is 1. The number of para-hydroxylation sites is 2. The van der Waals surface area contributed by atoms with Crippen molar-refractivity contribution in [1.29, 1.82) is 0 Å². The first-order chi connectivity index (χ1) is 20.1. The zero-order chi connectivity index (χ0) is 29.9. The summed E-state index contributed by atoms with van der Waals surface area (Å²) in [7, 11) is -3.92. The Hall–Kier alpha value is -3.57. The molecule has 1 aliphatic rings. The first-order valence-electron chi connectivity index (χ1n) is 13.9. The average molecular weight is 611 g/mol. The molecule has 1 aliphatic heterocycles. The molecule has 1 amide bonds. The Bertz CT molecular complexity index is 1660. The average Bonchev–Trinajstić information content (AvgIpc) is 3.56. The number of H-pyrrole nitrogens is 1. The number of ether oxygens (including phenoxy) is 1. The number of carbonyl (C=O) groups is 1. The van der Waals surface area contributed by atoms with Crippen molar-refractivity contribution in [3.8, 4) is 5.75 Å². The molecule has 0 spiro atoms. The lowest BCUT2D eigenvalue weighted by Crippen LogP contribution is -2.42. The van der Waals surface area contributed by atoms with Crippen LogP contribution in [0.25, 0.3) is 10.9 Å². The van der Waals surface area contributed by atoms with E-state index >= 15 is 0 Å². The standard InChI is InChI=1S/C31H35ClN4O5S/c1-19-16-22(17-20(2)28(19)32)41-14-7-10-24-23-9-4-6-12-26(23)35-29(24)31(38)36-42(39,40)15-13-33-30(37)27-18-21-8-3-5-11-25(21)34-27/h3-6,8-9,11-12,16-17,27,31,34-36,38H,7,10,13-15,18H2,1-2H3,(H,33,37)/t27-,31?/m0/s1. The molecule has 1 aromatic heterocycles. The number of halogens is 1. The fraction of sp³-hybridized carbons (Fsp3) is 0.323. The van der Waals surface area contributed by atoms with Crippen LogP contribution in [0, 0.1) is 13.8 Å². The van der Waals surface area contributed by atoms with E-state index in [-0.39, 0.29) is 18.2 Å². The lowest BCUT2D eigenvalue weighted by Gasteiger charge is -2.16. The van der Waals surface area contributed by atoms with Gasteiger partial charge in [-0.1, -0.05) is 48.0 Å². The van der Waals surface area contributed by atoms with Crippen LogP contribution in [0.3, 0.4) is 0 Å². The van der Waals surface area contributed by atoms with Crippen molar-refractivity contribution in [3.05, 3.63) is 93.6 Å². The van der Waals surface area contributed by atoms with Crippen LogP contribution < -0.4 is 20.1 Å². The SMILES string of the molecule is Cc1cc(OCCCc2c(C(O)NS(=O)(=O)CCNC(=O)[C@@H]3Cc4ccccc4N3)[nH]c3ccccc23)cc(C)c1Cl. The lowest BCUT2D eigenvalue weighted by atomic mass is 10.0. The fourth-order valence-electron chi connectivity index (χ4n) is 5.33. The van der Waals surface area contributed by atoms with Gasteiger partial charge in [0, 0.05) is 34.6 Å². The number of rotatable bonds is 12. The number of benzene rings is 3. The number of anilines is 1. The second-order valence-corrected chi connectivity index (χ2v) is 12.8. The summed E-state index contributed by atoms with van der Waals surface area (Å²) in [6, 6.07) is 18.6. The summed E-state index contributed by atoms with van der Waals surface area (Å²) >= 11 is 6.26. The van der Waals surface area contributed by atoms with E-state index in [1.54, 1.807) is 0 Å². The number of sulfonamides is 1. The van der Waals surface area contributed by atoms with Gasteiger partial charge in [-0.15, -0.1) is 0 Å². The zero-order valence-electron chi connectivity index (χ0n) is 23.5. The molecule has 0 radical (unpaired) electrons. The van der Waals surface area contributed by atoms with Gasteiger partial charge in [0.25, 0.3) is 0 Å². The molecule has 0 aliphatic carbocycles. The third kappa shape index (κ3) is 6.90. The molecule has 42 heavy (non-hydrogen) atoms. The third-order valence-corrected chi connectivity index (χ3v) is 9.34. The van der Waals surface area contributed by atoms with Crippen molar-refractivity contribution in [3.63, 3.8) is 0 Å². The van der Waals surface area contributed by atoms with Gasteiger partial charge in [0.15, 0.2) is 6.23 Å². The van der Waals surface area contributed by atoms with Crippen LogP contribution in [-0.2, 0) is 27.7 Å². The fourth-order valence-corrected chi connectivity index (χ4v) is 6.38. The molecular weight excluding hydrogens is 576 g/mol. The quantitative estimate of drug-likeness (QED) is 0.118. The molecule has 1 unspecified atom stereocenters. The van der Waals surface area contributed by atoms with Gasteiger partial charge >= 0.3 is 0 Å². The smallest absolute Gasteiger partial charge is 0.242 e. The summed E-state index contributed by atoms with van der Waals surface area (Å²) in [5, 5.41) is 18.4. The topological polar surface area (TPSA) is 133 Å². The maximum absolute atomic E-state index is 12.8. The molecule has 222 valence electrons. The molecule has 2 heterocycles. The molecule has 4 aromatic rings. The molecule has 9 nitrogen and oxygen atoms in total. The zero-order valence-corrected chi connectivity index (χ0v) is 25.1. The number of amides is 1. The van der Waals surface area contributed by atoms with Crippen molar-refractivity contribution in [2.24, 2.45) is 0 Å². The summed E-state index contributed by atoms with van der Waals surface area (Å²) in [4.78, 5) is 15.8. The number of aryl methyl sites for hydroxylation is 3. The van der Waals surface area contributed by atoms with E-state index in [0.717, 1.165) is 49.6 Å². The van der Waals surface area contributed by atoms with Crippen molar-refractivity contribution in [1.82, 2.24) is 15.0 Å². The minimum atomic E-state index is -3.92. The van der Waals surface area contributed by atoms with E-state index in [2.05, 4.69) is 20.3 Å². The Morgan fingerprint density at radius 3 is 2.60 bits per heavy atom. The highest BCUT2D eigenvalue weighted by atomic mass is 35.5. The van der Waals surface area contributed by atoms with Crippen molar-refractivity contribution in [2.45, 2.75) is 45.4 Å². The summed E-state index contributed by atoms with van der Waals surface area (Å²) in [6.07, 6.45) is 0.247. The molecule has 5 N–H and O–H groups in total. The molecular formula is C31H35ClN4O5S. The Morgan fingerprint density at radius 1 is 1.12 bits per heavy atom. The van der Waals surface area contributed by atoms with Crippen LogP contribution in [0.1, 0.15) is 40.6 Å². The Labute approximate surface area is 250 Å². The highest BCUT2D eigenvalue weighted by Crippen LogP contribution is 2.29. The van der Waals surface area contributed by atoms with Gasteiger partial charge in [-0.3, -0.25) is 4.79 Å². The summed E-state index contributed by atoms with van der Waals surface area (Å²) in [5.74, 6) is 0.0892. The highest BCUT2D eigenvalue weighted by molar-refractivity contribution is 7.89. The van der Waals surface area contributed by atoms with Crippen LogP contribution in [0.5, 0.6) is 5.75 Å². The van der Waals surface area contributed by atoms with Crippen LogP contribution in [0.15, 0.2) is 60.7 Å². The Morgan fingerprint density at radius 2 is 1.83 bits per heavy atom. The van der Waals surface area contributed by atoms with E-state index in [0.29, 0.717) is 31.6 Å².